The molecule has 0 spiro atoms. The second-order valence-corrected chi connectivity index (χ2v) is 6.57. The fourth-order valence-corrected chi connectivity index (χ4v) is 3.01. The van der Waals surface area contributed by atoms with Gasteiger partial charge in [0.2, 0.25) is 11.6 Å². The number of rotatable bonds is 7. The number of carbonyl (C=O) groups is 3. The summed E-state index contributed by atoms with van der Waals surface area (Å²) >= 11 is 3.13. The molecule has 7 nitrogen and oxygen atoms in total. The molecular formula is C19H17BrN2O5. The van der Waals surface area contributed by atoms with Crippen LogP contribution in [0.4, 0.5) is 0 Å². The molecule has 0 aliphatic heterocycles. The summed E-state index contributed by atoms with van der Waals surface area (Å²) in [6.07, 6.45) is 0.634. The number of nitrogens with one attached hydrogen (secondary N) is 2. The lowest BCUT2D eigenvalue weighted by atomic mass is 9.90. The van der Waals surface area contributed by atoms with Gasteiger partial charge in [-0.15, -0.1) is 0 Å². The van der Waals surface area contributed by atoms with E-state index < -0.39 is 11.7 Å². The van der Waals surface area contributed by atoms with Crippen molar-refractivity contribution < 1.29 is 23.5 Å². The standard InChI is InChI=1S/C19H17BrN2O5/c1-26-10-4-9-21-15-16(22-19(25)13-7-8-14(20)27-13)18(24)12-6-3-2-5-11(12)17(15)23/h2-3,5-8,21H,4,9-10H2,1H3,(H,22,25). The average molecular weight is 433 g/mol. The first-order valence-electron chi connectivity index (χ1n) is 8.25. The zero-order valence-electron chi connectivity index (χ0n) is 14.5. The highest BCUT2D eigenvalue weighted by Gasteiger charge is 2.33. The highest BCUT2D eigenvalue weighted by Crippen LogP contribution is 2.24. The number of ketones is 2. The minimum atomic E-state index is -0.618. The van der Waals surface area contributed by atoms with Crippen LogP contribution in [0.3, 0.4) is 0 Å². The van der Waals surface area contributed by atoms with Crippen LogP contribution in [-0.4, -0.2) is 37.7 Å². The highest BCUT2D eigenvalue weighted by atomic mass is 79.9. The van der Waals surface area contributed by atoms with Crippen molar-refractivity contribution in [3.63, 3.8) is 0 Å². The van der Waals surface area contributed by atoms with Gasteiger partial charge in [-0.25, -0.2) is 0 Å². The van der Waals surface area contributed by atoms with Gasteiger partial charge >= 0.3 is 0 Å². The molecule has 0 saturated carbocycles. The number of methoxy groups -OCH3 is 1. The van der Waals surface area contributed by atoms with Gasteiger partial charge < -0.3 is 19.8 Å². The first-order valence-corrected chi connectivity index (χ1v) is 9.04. The Morgan fingerprint density at radius 3 is 2.33 bits per heavy atom. The third-order valence-electron chi connectivity index (χ3n) is 3.98. The maximum absolute atomic E-state index is 12.9. The normalized spacial score (nSPS) is 13.6. The van der Waals surface area contributed by atoms with E-state index in [2.05, 4.69) is 26.6 Å². The number of ether oxygens (including phenoxy) is 1. The van der Waals surface area contributed by atoms with Gasteiger partial charge in [0, 0.05) is 31.4 Å². The van der Waals surface area contributed by atoms with Gasteiger partial charge in [0.1, 0.15) is 11.4 Å². The molecule has 0 unspecified atom stereocenters. The molecule has 0 atom stereocenters. The van der Waals surface area contributed by atoms with Crippen LogP contribution in [0.2, 0.25) is 0 Å². The number of allylic oxidation sites excluding steroid dienone is 2. The molecule has 0 saturated heterocycles. The quantitative estimate of drug-likeness (QED) is 0.652. The van der Waals surface area contributed by atoms with Crippen molar-refractivity contribution in [2.75, 3.05) is 20.3 Å². The summed E-state index contributed by atoms with van der Waals surface area (Å²) in [5, 5.41) is 5.49. The third kappa shape index (κ3) is 4.01. The molecule has 1 aliphatic carbocycles. The molecule has 2 N–H and O–H groups in total. The van der Waals surface area contributed by atoms with Crippen LogP contribution in [-0.2, 0) is 4.74 Å². The number of fused-ring (bicyclic) bond motifs is 1. The van der Waals surface area contributed by atoms with Crippen molar-refractivity contribution >= 4 is 33.4 Å². The predicted octanol–water partition coefficient (Wildman–Crippen LogP) is 2.69. The maximum atomic E-state index is 12.9. The van der Waals surface area contributed by atoms with E-state index >= 15 is 0 Å². The van der Waals surface area contributed by atoms with Crippen LogP contribution in [0, 0.1) is 0 Å². The second-order valence-electron chi connectivity index (χ2n) is 5.78. The van der Waals surface area contributed by atoms with Crippen LogP contribution in [0.5, 0.6) is 0 Å². The molecule has 1 amide bonds. The highest BCUT2D eigenvalue weighted by molar-refractivity contribution is 9.10. The Morgan fingerprint density at radius 1 is 1.07 bits per heavy atom. The van der Waals surface area contributed by atoms with E-state index in [0.29, 0.717) is 29.8 Å². The largest absolute Gasteiger partial charge is 0.444 e. The molecule has 3 rings (SSSR count). The summed E-state index contributed by atoms with van der Waals surface area (Å²) in [7, 11) is 1.58. The van der Waals surface area contributed by atoms with Gasteiger partial charge in [-0.05, 0) is 34.5 Å². The predicted molar refractivity (Wildman–Crippen MR) is 100 cm³/mol. The Labute approximate surface area is 163 Å². The minimum Gasteiger partial charge on any atom is -0.444 e. The van der Waals surface area contributed by atoms with E-state index in [-0.39, 0.29) is 28.5 Å². The Balaban J connectivity index is 1.93. The Bertz CT molecular complexity index is 932. The molecule has 1 heterocycles. The van der Waals surface area contributed by atoms with Gasteiger partial charge in [-0.3, -0.25) is 14.4 Å². The van der Waals surface area contributed by atoms with E-state index in [4.69, 9.17) is 9.15 Å². The minimum absolute atomic E-state index is 0.0206. The lowest BCUT2D eigenvalue weighted by Gasteiger charge is -2.22. The van der Waals surface area contributed by atoms with E-state index in [1.165, 1.54) is 6.07 Å². The monoisotopic (exact) mass is 432 g/mol. The van der Waals surface area contributed by atoms with Crippen LogP contribution in [0.1, 0.15) is 37.7 Å². The summed E-state index contributed by atoms with van der Waals surface area (Å²) in [5.74, 6) is -1.38. The van der Waals surface area contributed by atoms with Gasteiger partial charge in [-0.1, -0.05) is 24.3 Å². The number of carbonyl (C=O) groups excluding carboxylic acids is 3. The van der Waals surface area contributed by atoms with Crippen molar-refractivity contribution in [2.45, 2.75) is 6.42 Å². The number of halogens is 1. The summed E-state index contributed by atoms with van der Waals surface area (Å²) in [6.45, 7) is 0.914. The molecular weight excluding hydrogens is 416 g/mol. The lowest BCUT2D eigenvalue weighted by Crippen LogP contribution is -2.38. The molecule has 1 aromatic carbocycles. The first kappa shape index (κ1) is 19.1. The van der Waals surface area contributed by atoms with Gasteiger partial charge in [-0.2, -0.15) is 0 Å². The number of amides is 1. The number of hydrogen-bond donors (Lipinski definition) is 2. The molecule has 140 valence electrons. The third-order valence-corrected chi connectivity index (χ3v) is 4.41. The molecule has 0 fully saturated rings. The Hall–Kier alpha value is -2.71. The number of hydrogen-bond acceptors (Lipinski definition) is 6. The van der Waals surface area contributed by atoms with E-state index in [0.717, 1.165) is 0 Å². The van der Waals surface area contributed by atoms with Crippen molar-refractivity contribution in [1.29, 1.82) is 0 Å². The SMILES string of the molecule is COCCCNC1=C(NC(=O)c2ccc(Br)o2)C(=O)c2ccccc2C1=O. The molecule has 0 bridgehead atoms. The van der Waals surface area contributed by atoms with Crippen molar-refractivity contribution in [3.05, 3.63) is 69.3 Å². The van der Waals surface area contributed by atoms with Crippen LogP contribution < -0.4 is 10.6 Å². The van der Waals surface area contributed by atoms with Crippen LogP contribution in [0.15, 0.2) is 56.9 Å². The molecule has 27 heavy (non-hydrogen) atoms. The molecule has 1 aliphatic rings. The van der Waals surface area contributed by atoms with Crippen molar-refractivity contribution in [1.82, 2.24) is 10.6 Å². The molecule has 2 aromatic rings. The van der Waals surface area contributed by atoms with Crippen LogP contribution in [0.25, 0.3) is 0 Å². The van der Waals surface area contributed by atoms with Crippen molar-refractivity contribution in [3.8, 4) is 0 Å². The Morgan fingerprint density at radius 2 is 1.74 bits per heavy atom. The van der Waals surface area contributed by atoms with Crippen molar-refractivity contribution in [2.24, 2.45) is 0 Å². The smallest absolute Gasteiger partial charge is 0.291 e. The van der Waals surface area contributed by atoms with Gasteiger partial charge in [0.25, 0.3) is 5.91 Å². The van der Waals surface area contributed by atoms with E-state index in [1.807, 2.05) is 0 Å². The zero-order chi connectivity index (χ0) is 19.4. The Kier molecular flexibility index (Phi) is 5.88. The summed E-state index contributed by atoms with van der Waals surface area (Å²) in [5.41, 5.74) is 0.527. The zero-order valence-corrected chi connectivity index (χ0v) is 16.1. The van der Waals surface area contributed by atoms with Crippen LogP contribution >= 0.6 is 15.9 Å². The fraction of sp³-hybridized carbons (Fsp3) is 0.211. The molecule has 8 heteroatoms. The van der Waals surface area contributed by atoms with Gasteiger partial charge in [0.15, 0.2) is 10.4 Å². The maximum Gasteiger partial charge on any atom is 0.291 e. The summed E-state index contributed by atoms with van der Waals surface area (Å²) in [4.78, 5) is 38.2. The lowest BCUT2D eigenvalue weighted by molar-refractivity contribution is 0.0899. The average Bonchev–Trinajstić information content (AvgIpc) is 3.11. The fourth-order valence-electron chi connectivity index (χ4n) is 2.70. The van der Waals surface area contributed by atoms with Gasteiger partial charge in [0.05, 0.1) is 0 Å². The number of Topliss-reactive ketones (excluding diaryl/α,β-unsaturated/α-hetero) is 2. The number of benzene rings is 1. The second kappa shape index (κ2) is 8.32. The number of furan rings is 1. The van der Waals surface area contributed by atoms with E-state index in [9.17, 15) is 14.4 Å². The molecule has 1 aromatic heterocycles. The molecule has 0 radical (unpaired) electrons. The summed E-state index contributed by atoms with van der Waals surface area (Å²) in [6, 6.07) is 9.55. The first-order chi connectivity index (χ1) is 13.0. The van der Waals surface area contributed by atoms with E-state index in [1.54, 1.807) is 37.4 Å². The topological polar surface area (TPSA) is 97.6 Å². The summed E-state index contributed by atoms with van der Waals surface area (Å²) < 4.78 is 10.6.